The number of carboxylic acid groups (broad SMARTS) is 1. The van der Waals surface area contributed by atoms with Crippen molar-refractivity contribution in [2.45, 2.75) is 6.43 Å². The van der Waals surface area contributed by atoms with Gasteiger partial charge in [0.2, 0.25) is 0 Å². The lowest BCUT2D eigenvalue weighted by molar-refractivity contribution is 0.0684. The van der Waals surface area contributed by atoms with Gasteiger partial charge in [-0.05, 0) is 0 Å². The zero-order valence-electron chi connectivity index (χ0n) is 6.67. The van der Waals surface area contributed by atoms with Gasteiger partial charge in [-0.15, -0.1) is 0 Å². The molecule has 7 heteroatoms. The Morgan fingerprint density at radius 1 is 1.64 bits per heavy atom. The molecule has 1 rings (SSSR count). The Morgan fingerprint density at radius 3 is 2.64 bits per heavy atom. The van der Waals surface area contributed by atoms with Crippen LogP contribution in [0.2, 0.25) is 5.02 Å². The quantitative estimate of drug-likeness (QED) is 0.802. The van der Waals surface area contributed by atoms with Crippen molar-refractivity contribution in [3.8, 4) is 0 Å². The summed E-state index contributed by atoms with van der Waals surface area (Å²) in [4.78, 5) is 13.9. The lowest BCUT2D eigenvalue weighted by atomic mass is 10.1. The van der Waals surface area contributed by atoms with E-state index in [0.717, 1.165) is 6.20 Å². The predicted molar refractivity (Wildman–Crippen MR) is 45.6 cm³/mol. The largest absolute Gasteiger partial charge is 0.478 e. The summed E-state index contributed by atoms with van der Waals surface area (Å²) in [6.45, 7) is 0. The number of aromatic carboxylic acids is 1. The predicted octanol–water partition coefficient (Wildman–Crippen LogP) is 1.95. The SMILES string of the molecule is Nc1ncc(C(=O)O)c(C(F)F)c1Cl. The number of carbonyl (C=O) groups is 1. The van der Waals surface area contributed by atoms with E-state index in [1.54, 1.807) is 0 Å². The number of rotatable bonds is 2. The van der Waals surface area contributed by atoms with Gasteiger partial charge in [0, 0.05) is 6.20 Å². The first-order chi connectivity index (χ1) is 6.45. The number of alkyl halides is 2. The summed E-state index contributed by atoms with van der Waals surface area (Å²) in [6.07, 6.45) is -2.25. The average Bonchev–Trinajstić information content (AvgIpc) is 2.08. The normalized spacial score (nSPS) is 10.6. The lowest BCUT2D eigenvalue weighted by Gasteiger charge is -2.08. The van der Waals surface area contributed by atoms with Gasteiger partial charge in [0.25, 0.3) is 6.43 Å². The first-order valence-corrected chi connectivity index (χ1v) is 3.78. The Labute approximate surface area is 82.3 Å². The van der Waals surface area contributed by atoms with Gasteiger partial charge in [-0.25, -0.2) is 18.6 Å². The molecule has 1 aromatic rings. The Hall–Kier alpha value is -1.43. The van der Waals surface area contributed by atoms with Crippen LogP contribution in [0, 0.1) is 0 Å². The van der Waals surface area contributed by atoms with Gasteiger partial charge >= 0.3 is 5.97 Å². The van der Waals surface area contributed by atoms with E-state index in [0.29, 0.717) is 0 Å². The second kappa shape index (κ2) is 3.75. The second-order valence-corrected chi connectivity index (χ2v) is 2.77. The van der Waals surface area contributed by atoms with Gasteiger partial charge in [-0.3, -0.25) is 0 Å². The lowest BCUT2D eigenvalue weighted by Crippen LogP contribution is -2.07. The van der Waals surface area contributed by atoms with Gasteiger partial charge in [0.1, 0.15) is 5.82 Å². The molecule has 0 fully saturated rings. The van der Waals surface area contributed by atoms with Crippen molar-refractivity contribution in [3.63, 3.8) is 0 Å². The smallest absolute Gasteiger partial charge is 0.337 e. The molecule has 0 aliphatic carbocycles. The van der Waals surface area contributed by atoms with Crippen LogP contribution >= 0.6 is 11.6 Å². The van der Waals surface area contributed by atoms with E-state index >= 15 is 0 Å². The average molecular weight is 223 g/mol. The Balaban J connectivity index is 3.45. The second-order valence-electron chi connectivity index (χ2n) is 2.39. The van der Waals surface area contributed by atoms with Crippen LogP contribution in [0.25, 0.3) is 0 Å². The van der Waals surface area contributed by atoms with E-state index < -0.39 is 28.5 Å². The zero-order valence-corrected chi connectivity index (χ0v) is 7.42. The molecule has 0 aliphatic rings. The number of anilines is 1. The maximum Gasteiger partial charge on any atom is 0.337 e. The minimum absolute atomic E-state index is 0.313. The molecule has 4 nitrogen and oxygen atoms in total. The Bertz CT molecular complexity index is 384. The van der Waals surface area contributed by atoms with Gasteiger partial charge in [-0.1, -0.05) is 11.6 Å². The monoisotopic (exact) mass is 222 g/mol. The van der Waals surface area contributed by atoms with Crippen LogP contribution in [-0.4, -0.2) is 16.1 Å². The van der Waals surface area contributed by atoms with Crippen LogP contribution in [0.4, 0.5) is 14.6 Å². The molecule has 14 heavy (non-hydrogen) atoms. The van der Waals surface area contributed by atoms with E-state index in [2.05, 4.69) is 4.98 Å². The van der Waals surface area contributed by atoms with E-state index in [1.165, 1.54) is 0 Å². The molecular weight excluding hydrogens is 218 g/mol. The van der Waals surface area contributed by atoms with E-state index in [1.807, 2.05) is 0 Å². The van der Waals surface area contributed by atoms with Crippen LogP contribution in [0.1, 0.15) is 22.3 Å². The van der Waals surface area contributed by atoms with E-state index in [-0.39, 0.29) is 5.82 Å². The maximum atomic E-state index is 12.4. The molecule has 0 radical (unpaired) electrons. The number of pyridine rings is 1. The highest BCUT2D eigenvalue weighted by Crippen LogP contribution is 2.32. The first-order valence-electron chi connectivity index (χ1n) is 3.40. The summed E-state index contributed by atoms with van der Waals surface area (Å²) in [5.74, 6) is -1.83. The van der Waals surface area contributed by atoms with Gasteiger partial charge in [0.15, 0.2) is 0 Å². The number of nitrogens with two attached hydrogens (primary N) is 1. The summed E-state index contributed by atoms with van der Waals surface area (Å²) in [6, 6.07) is 0. The molecule has 0 spiro atoms. The topological polar surface area (TPSA) is 76.2 Å². The number of nitrogens with zero attached hydrogens (tertiary/aromatic N) is 1. The summed E-state index contributed by atoms with van der Waals surface area (Å²) in [7, 11) is 0. The number of hydrogen-bond donors (Lipinski definition) is 2. The standard InChI is InChI=1S/C7H5ClF2N2O2/c8-4-3(5(9)10)2(7(13)14)1-12-6(4)11/h1,5H,(H2,11,12)(H,13,14). The van der Waals surface area contributed by atoms with Gasteiger partial charge in [-0.2, -0.15) is 0 Å². The molecule has 0 unspecified atom stereocenters. The third kappa shape index (κ3) is 1.74. The van der Waals surface area contributed by atoms with Gasteiger partial charge < -0.3 is 10.8 Å². The molecule has 0 bridgehead atoms. The van der Waals surface area contributed by atoms with Crippen molar-refractivity contribution < 1.29 is 18.7 Å². The van der Waals surface area contributed by atoms with Crippen molar-refractivity contribution in [2.75, 3.05) is 5.73 Å². The number of aromatic nitrogens is 1. The minimum Gasteiger partial charge on any atom is -0.478 e. The van der Waals surface area contributed by atoms with Crippen LogP contribution in [0.15, 0.2) is 6.20 Å². The molecule has 3 N–H and O–H groups in total. The van der Waals surface area contributed by atoms with Gasteiger partial charge in [0.05, 0.1) is 16.1 Å². The molecule has 0 aliphatic heterocycles. The first kappa shape index (κ1) is 10.6. The molecule has 0 amide bonds. The third-order valence-corrected chi connectivity index (χ3v) is 1.93. The maximum absolute atomic E-state index is 12.4. The van der Waals surface area contributed by atoms with E-state index in [4.69, 9.17) is 22.4 Å². The number of carboxylic acids is 1. The highest BCUT2D eigenvalue weighted by Gasteiger charge is 2.23. The number of hydrogen-bond acceptors (Lipinski definition) is 3. The van der Waals surface area contributed by atoms with Crippen LogP contribution < -0.4 is 5.73 Å². The molecule has 0 saturated heterocycles. The zero-order chi connectivity index (χ0) is 10.9. The van der Waals surface area contributed by atoms with Crippen LogP contribution in [-0.2, 0) is 0 Å². The summed E-state index contributed by atoms with van der Waals surface area (Å²) in [5.41, 5.74) is 3.72. The Kier molecular flexibility index (Phi) is 2.85. The van der Waals surface area contributed by atoms with Crippen molar-refractivity contribution in [2.24, 2.45) is 0 Å². The molecule has 1 heterocycles. The molecule has 76 valence electrons. The van der Waals surface area contributed by atoms with Crippen molar-refractivity contribution in [1.29, 1.82) is 0 Å². The van der Waals surface area contributed by atoms with Crippen LogP contribution in [0.5, 0.6) is 0 Å². The fraction of sp³-hybridized carbons (Fsp3) is 0.143. The fourth-order valence-corrected chi connectivity index (χ4v) is 1.13. The highest BCUT2D eigenvalue weighted by molar-refractivity contribution is 6.34. The highest BCUT2D eigenvalue weighted by atomic mass is 35.5. The summed E-state index contributed by atoms with van der Waals surface area (Å²) < 4.78 is 24.8. The van der Waals surface area contributed by atoms with Crippen LogP contribution in [0.3, 0.4) is 0 Å². The summed E-state index contributed by atoms with van der Waals surface area (Å²) in [5, 5.41) is 8.04. The number of nitrogen functional groups attached to an aromatic ring is 1. The molecule has 0 atom stereocenters. The molecular formula is C7H5ClF2N2O2. The number of halogens is 3. The molecule has 1 aromatic heterocycles. The van der Waals surface area contributed by atoms with Crippen molar-refractivity contribution in [1.82, 2.24) is 4.98 Å². The van der Waals surface area contributed by atoms with Crippen molar-refractivity contribution in [3.05, 3.63) is 22.3 Å². The summed E-state index contributed by atoms with van der Waals surface area (Å²) >= 11 is 5.41. The van der Waals surface area contributed by atoms with Crippen molar-refractivity contribution >= 4 is 23.4 Å². The van der Waals surface area contributed by atoms with E-state index in [9.17, 15) is 13.6 Å². The Morgan fingerprint density at radius 2 is 2.21 bits per heavy atom. The molecule has 0 aromatic carbocycles. The molecule has 0 saturated carbocycles. The third-order valence-electron chi connectivity index (χ3n) is 1.53. The minimum atomic E-state index is -3.00. The fourth-order valence-electron chi connectivity index (χ4n) is 0.900.